The molecule has 5 heteroatoms. The fourth-order valence-electron chi connectivity index (χ4n) is 1.15. The van der Waals surface area contributed by atoms with E-state index in [4.69, 9.17) is 11.6 Å². The molecule has 0 N–H and O–H groups in total. The Hall–Kier alpha value is -1.13. The molecule has 1 aliphatic rings. The van der Waals surface area contributed by atoms with Gasteiger partial charge in [0.1, 0.15) is 0 Å². The second kappa shape index (κ2) is 3.55. The Morgan fingerprint density at radius 2 is 2.29 bits per heavy atom. The van der Waals surface area contributed by atoms with Crippen molar-refractivity contribution in [2.24, 2.45) is 4.47 Å². The number of hydrogen-bond donors (Lipinski definition) is 0. The average Bonchev–Trinajstić information content (AvgIpc) is 2.56. The molecule has 0 atom stereocenters. The molecule has 1 aromatic rings. The maximum Gasteiger partial charge on any atom is 0.283 e. The molecule has 1 aliphatic heterocycles. The zero-order valence-corrected chi connectivity index (χ0v) is 8.97. The van der Waals surface area contributed by atoms with E-state index in [0.29, 0.717) is 10.7 Å². The Balaban J connectivity index is 2.46. The molecule has 1 amide bonds. The third-order valence-corrected chi connectivity index (χ3v) is 2.71. The van der Waals surface area contributed by atoms with Crippen molar-refractivity contribution >= 4 is 39.7 Å². The molecule has 0 fully saturated rings. The van der Waals surface area contributed by atoms with Crippen LogP contribution in [0.1, 0.15) is 5.56 Å². The highest BCUT2D eigenvalue weighted by Gasteiger charge is 2.18. The summed E-state index contributed by atoms with van der Waals surface area (Å²) in [6, 6.07) is 5.49. The van der Waals surface area contributed by atoms with E-state index >= 15 is 0 Å². The van der Waals surface area contributed by atoms with Crippen LogP contribution in [0.2, 0.25) is 5.02 Å². The largest absolute Gasteiger partial charge is 0.283 e. The lowest BCUT2D eigenvalue weighted by Crippen LogP contribution is -2.22. The topological polar surface area (TPSA) is 32.7 Å². The lowest BCUT2D eigenvalue weighted by molar-refractivity contribution is -0.111. The van der Waals surface area contributed by atoms with Crippen molar-refractivity contribution in [3.63, 3.8) is 0 Å². The number of carbonyl (C=O) groups excluding carboxylic acids is 1. The van der Waals surface area contributed by atoms with Crippen LogP contribution in [0.5, 0.6) is 0 Å². The molecular formula is C9H7ClN2OS. The average molecular weight is 227 g/mol. The van der Waals surface area contributed by atoms with Gasteiger partial charge >= 0.3 is 0 Å². The summed E-state index contributed by atoms with van der Waals surface area (Å²) in [6.07, 6.45) is 0. The third-order valence-electron chi connectivity index (χ3n) is 1.82. The molecule has 0 saturated heterocycles. The Kier molecular flexibility index (Phi) is 2.39. The van der Waals surface area contributed by atoms with E-state index in [9.17, 15) is 4.79 Å². The summed E-state index contributed by atoms with van der Waals surface area (Å²) >= 11 is 7.08. The molecule has 0 saturated carbocycles. The number of aryl methyl sites for hydroxylation is 1. The number of nitrogens with zero attached hydrogens (tertiary/aromatic N) is 2. The van der Waals surface area contributed by atoms with E-state index < -0.39 is 0 Å². The van der Waals surface area contributed by atoms with Gasteiger partial charge in [-0.05, 0) is 35.8 Å². The van der Waals surface area contributed by atoms with Gasteiger partial charge < -0.3 is 0 Å². The predicted molar refractivity (Wildman–Crippen MR) is 59.5 cm³/mol. The minimum atomic E-state index is -0.150. The van der Waals surface area contributed by atoms with Gasteiger partial charge in [-0.25, -0.2) is 0 Å². The second-order valence-corrected chi connectivity index (χ2v) is 3.93. The molecule has 1 aromatic carbocycles. The van der Waals surface area contributed by atoms with Crippen LogP contribution in [0, 0.1) is 6.92 Å². The van der Waals surface area contributed by atoms with Crippen molar-refractivity contribution in [3.8, 4) is 0 Å². The minimum absolute atomic E-state index is 0.150. The van der Waals surface area contributed by atoms with E-state index in [1.54, 1.807) is 6.07 Å². The molecule has 3 nitrogen and oxygen atoms in total. The van der Waals surface area contributed by atoms with Gasteiger partial charge in [0, 0.05) is 0 Å². The van der Waals surface area contributed by atoms with Gasteiger partial charge in [0.05, 0.1) is 16.1 Å². The molecule has 1 heterocycles. The number of anilines is 1. The first-order valence-corrected chi connectivity index (χ1v) is 5.20. The summed E-state index contributed by atoms with van der Waals surface area (Å²) in [7, 11) is 0. The van der Waals surface area contributed by atoms with E-state index in [-0.39, 0.29) is 5.91 Å². The molecule has 0 aliphatic carbocycles. The van der Waals surface area contributed by atoms with Gasteiger partial charge in [0.2, 0.25) is 0 Å². The van der Waals surface area contributed by atoms with Crippen LogP contribution in [-0.2, 0) is 15.9 Å². The number of benzene rings is 1. The SMILES string of the molecule is Cc1ccc(Cl)c(N2N=S=CC2=O)c1. The third kappa shape index (κ3) is 1.58. The highest BCUT2D eigenvalue weighted by Crippen LogP contribution is 2.27. The summed E-state index contributed by atoms with van der Waals surface area (Å²) in [6.45, 7) is 1.94. The monoisotopic (exact) mass is 226 g/mol. The maximum absolute atomic E-state index is 11.3. The van der Waals surface area contributed by atoms with Crippen LogP contribution in [-0.4, -0.2) is 11.3 Å². The van der Waals surface area contributed by atoms with Crippen molar-refractivity contribution < 1.29 is 4.79 Å². The summed E-state index contributed by atoms with van der Waals surface area (Å²) < 4.78 is 3.95. The normalized spacial score (nSPS) is 14.7. The number of amides is 1. The van der Waals surface area contributed by atoms with Gasteiger partial charge in [-0.3, -0.25) is 4.79 Å². The van der Waals surface area contributed by atoms with Crippen molar-refractivity contribution in [1.82, 2.24) is 0 Å². The molecule has 72 valence electrons. The summed E-state index contributed by atoms with van der Waals surface area (Å²) in [5.41, 5.74) is 1.68. The Morgan fingerprint density at radius 3 is 2.93 bits per heavy atom. The van der Waals surface area contributed by atoms with Crippen LogP contribution in [0.3, 0.4) is 0 Å². The van der Waals surface area contributed by atoms with E-state index in [2.05, 4.69) is 4.47 Å². The summed E-state index contributed by atoms with van der Waals surface area (Å²) in [5, 5.41) is 3.28. The molecule has 2 rings (SSSR count). The van der Waals surface area contributed by atoms with Crippen molar-refractivity contribution in [2.45, 2.75) is 6.92 Å². The van der Waals surface area contributed by atoms with Gasteiger partial charge in [0.15, 0.2) is 0 Å². The zero-order valence-electron chi connectivity index (χ0n) is 7.40. The van der Waals surface area contributed by atoms with Crippen molar-refractivity contribution in [3.05, 3.63) is 28.8 Å². The van der Waals surface area contributed by atoms with Gasteiger partial charge in [-0.2, -0.15) is 5.01 Å². The lowest BCUT2D eigenvalue weighted by Gasteiger charge is -2.12. The van der Waals surface area contributed by atoms with Gasteiger partial charge in [-0.1, -0.05) is 17.7 Å². The van der Waals surface area contributed by atoms with Crippen LogP contribution >= 0.6 is 11.6 Å². The quantitative estimate of drug-likeness (QED) is 0.674. The molecule has 0 spiro atoms. The highest BCUT2D eigenvalue weighted by atomic mass is 35.5. The first-order chi connectivity index (χ1) is 6.68. The van der Waals surface area contributed by atoms with E-state index in [1.165, 1.54) is 10.4 Å². The number of carbonyl (C=O) groups is 1. The van der Waals surface area contributed by atoms with E-state index in [0.717, 1.165) is 16.7 Å². The summed E-state index contributed by atoms with van der Waals surface area (Å²) in [4.78, 5) is 11.3. The number of hydrogen-bond acceptors (Lipinski definition) is 2. The fraction of sp³-hybridized carbons (Fsp3) is 0.111. The first kappa shape index (κ1) is 9.43. The van der Waals surface area contributed by atoms with Crippen molar-refractivity contribution in [1.29, 1.82) is 0 Å². The molecule has 0 bridgehead atoms. The molecular weight excluding hydrogens is 220 g/mol. The summed E-state index contributed by atoms with van der Waals surface area (Å²) in [5.74, 6) is -0.150. The Labute approximate surface area is 90.0 Å². The minimum Gasteiger partial charge on any atom is -0.266 e. The molecule has 0 radical (unpaired) electrons. The zero-order chi connectivity index (χ0) is 10.1. The van der Waals surface area contributed by atoms with Crippen LogP contribution in [0.15, 0.2) is 22.7 Å². The van der Waals surface area contributed by atoms with Crippen molar-refractivity contribution in [2.75, 3.05) is 5.01 Å². The smallest absolute Gasteiger partial charge is 0.266 e. The molecule has 0 unspecified atom stereocenters. The van der Waals surface area contributed by atoms with Crippen LogP contribution < -0.4 is 5.01 Å². The van der Waals surface area contributed by atoms with Crippen LogP contribution in [0.25, 0.3) is 0 Å². The maximum atomic E-state index is 11.3. The molecule has 14 heavy (non-hydrogen) atoms. The predicted octanol–water partition coefficient (Wildman–Crippen LogP) is 1.98. The Morgan fingerprint density at radius 1 is 1.50 bits per heavy atom. The lowest BCUT2D eigenvalue weighted by atomic mass is 10.2. The second-order valence-electron chi connectivity index (χ2n) is 2.91. The Bertz CT molecular complexity index is 466. The fourth-order valence-corrected chi connectivity index (χ4v) is 1.85. The van der Waals surface area contributed by atoms with E-state index in [1.807, 2.05) is 19.1 Å². The van der Waals surface area contributed by atoms with Gasteiger partial charge in [-0.15, -0.1) is 4.47 Å². The highest BCUT2D eigenvalue weighted by molar-refractivity contribution is 7.69. The first-order valence-electron chi connectivity index (χ1n) is 3.99. The molecule has 0 aromatic heterocycles. The van der Waals surface area contributed by atoms with Crippen LogP contribution in [0.4, 0.5) is 5.69 Å². The van der Waals surface area contributed by atoms with Gasteiger partial charge in [0.25, 0.3) is 5.91 Å². The number of halogens is 1. The number of rotatable bonds is 1. The standard InChI is InChI=1S/C9H7ClN2OS/c1-6-2-3-7(10)8(4-6)12-9(13)5-14-11-12/h2-5H,1H3.